The highest BCUT2D eigenvalue weighted by Crippen LogP contribution is 2.37. The van der Waals surface area contributed by atoms with Crippen LogP contribution in [0.2, 0.25) is 5.02 Å². The quantitative estimate of drug-likeness (QED) is 0.381. The number of allylic oxidation sites excluding steroid dienone is 1. The highest BCUT2D eigenvalue weighted by atomic mass is 35.5. The predicted molar refractivity (Wildman–Crippen MR) is 138 cm³/mol. The van der Waals surface area contributed by atoms with Crippen molar-refractivity contribution in [1.82, 2.24) is 20.4 Å². The highest BCUT2D eigenvalue weighted by molar-refractivity contribution is 7.80. The van der Waals surface area contributed by atoms with Crippen LogP contribution in [0.25, 0.3) is 17.0 Å². The van der Waals surface area contributed by atoms with E-state index in [0.717, 1.165) is 46.9 Å². The molecule has 0 bridgehead atoms. The van der Waals surface area contributed by atoms with Crippen molar-refractivity contribution in [2.24, 2.45) is 5.92 Å². The summed E-state index contributed by atoms with van der Waals surface area (Å²) >= 11 is 12.0. The second-order valence-electron chi connectivity index (χ2n) is 8.74. The Kier molecular flexibility index (Phi) is 7.15. The highest BCUT2D eigenvalue weighted by Gasteiger charge is 2.34. The maximum Gasteiger partial charge on any atom is 0.258 e. The van der Waals surface area contributed by atoms with E-state index >= 15 is 0 Å². The number of halogens is 1. The van der Waals surface area contributed by atoms with Gasteiger partial charge < -0.3 is 14.7 Å². The van der Waals surface area contributed by atoms with Gasteiger partial charge in [0.25, 0.3) is 5.89 Å². The molecule has 1 aliphatic rings. The van der Waals surface area contributed by atoms with Crippen molar-refractivity contribution in [2.75, 3.05) is 6.54 Å². The van der Waals surface area contributed by atoms with Crippen LogP contribution in [-0.4, -0.2) is 26.7 Å². The fraction of sp³-hybridized carbons (Fsp3) is 0.346. The van der Waals surface area contributed by atoms with Crippen LogP contribution in [0.15, 0.2) is 58.8 Å². The number of thiocarbonyl (C=S) groups is 1. The standard InChI is InChI=1S/C26H29ClN4OS/c1-5-18-9-11-19(12-10-18)23-22(17(4)31(26(33)28-23)14-13-16(2)3)25-29-24(30-32-25)20-7-6-8-21(27)15-20/h6-12,15-16,23H,5,13-14H2,1-4H3,(H,28,33). The Morgan fingerprint density at radius 2 is 1.94 bits per heavy atom. The minimum absolute atomic E-state index is 0.175. The summed E-state index contributed by atoms with van der Waals surface area (Å²) in [5.74, 6) is 1.56. The van der Waals surface area contributed by atoms with Gasteiger partial charge in [-0.05, 0) is 61.2 Å². The number of hydrogen-bond donors (Lipinski definition) is 1. The fourth-order valence-electron chi connectivity index (χ4n) is 3.99. The Balaban J connectivity index is 1.78. The lowest BCUT2D eigenvalue weighted by atomic mass is 9.93. The third-order valence-electron chi connectivity index (χ3n) is 5.99. The van der Waals surface area contributed by atoms with Gasteiger partial charge in [0.05, 0.1) is 11.6 Å². The van der Waals surface area contributed by atoms with Crippen molar-refractivity contribution in [3.63, 3.8) is 0 Å². The summed E-state index contributed by atoms with van der Waals surface area (Å²) < 4.78 is 5.80. The van der Waals surface area contributed by atoms with Crippen LogP contribution < -0.4 is 5.32 Å². The SMILES string of the molecule is CCc1ccc(C2NC(=S)N(CCC(C)C)C(C)=C2c2nc(-c3cccc(Cl)c3)no2)cc1. The summed E-state index contributed by atoms with van der Waals surface area (Å²) in [5, 5.41) is 9.14. The largest absolute Gasteiger partial charge is 0.351 e. The normalized spacial score (nSPS) is 16.5. The predicted octanol–water partition coefficient (Wildman–Crippen LogP) is 6.66. The first-order valence-electron chi connectivity index (χ1n) is 11.3. The molecule has 2 aromatic carbocycles. The first kappa shape index (κ1) is 23.5. The average molecular weight is 481 g/mol. The monoisotopic (exact) mass is 480 g/mol. The molecule has 1 unspecified atom stereocenters. The number of aromatic nitrogens is 2. The first-order chi connectivity index (χ1) is 15.9. The minimum atomic E-state index is -0.175. The van der Waals surface area contributed by atoms with Crippen molar-refractivity contribution in [3.05, 3.63) is 76.3 Å². The van der Waals surface area contributed by atoms with Crippen molar-refractivity contribution < 1.29 is 4.52 Å². The molecule has 0 saturated carbocycles. The molecular formula is C26H29ClN4OS. The van der Waals surface area contributed by atoms with Gasteiger partial charge in [-0.15, -0.1) is 0 Å². The van der Waals surface area contributed by atoms with Gasteiger partial charge in [0.1, 0.15) is 0 Å². The number of nitrogens with zero attached hydrogens (tertiary/aromatic N) is 3. The average Bonchev–Trinajstić information content (AvgIpc) is 3.28. The van der Waals surface area contributed by atoms with E-state index in [1.54, 1.807) is 0 Å². The number of rotatable bonds is 7. The molecule has 172 valence electrons. The van der Waals surface area contributed by atoms with Gasteiger partial charge in [-0.25, -0.2) is 0 Å². The van der Waals surface area contributed by atoms with Gasteiger partial charge in [0.15, 0.2) is 5.11 Å². The molecule has 2 heterocycles. The molecule has 33 heavy (non-hydrogen) atoms. The maximum atomic E-state index is 6.17. The molecule has 5 nitrogen and oxygen atoms in total. The van der Waals surface area contributed by atoms with Crippen LogP contribution in [0, 0.1) is 5.92 Å². The van der Waals surface area contributed by atoms with Gasteiger partial charge >= 0.3 is 0 Å². The molecule has 0 spiro atoms. The fourth-order valence-corrected chi connectivity index (χ4v) is 4.52. The van der Waals surface area contributed by atoms with E-state index < -0.39 is 0 Å². The zero-order valence-corrected chi connectivity index (χ0v) is 21.0. The van der Waals surface area contributed by atoms with E-state index in [0.29, 0.717) is 22.7 Å². The molecule has 4 rings (SSSR count). The summed E-state index contributed by atoms with van der Waals surface area (Å²) in [4.78, 5) is 6.90. The summed E-state index contributed by atoms with van der Waals surface area (Å²) in [6.45, 7) is 9.50. The van der Waals surface area contributed by atoms with Crippen LogP contribution >= 0.6 is 23.8 Å². The Bertz CT molecular complexity index is 1170. The minimum Gasteiger partial charge on any atom is -0.351 e. The molecule has 0 saturated heterocycles. The molecule has 1 atom stereocenters. The summed E-state index contributed by atoms with van der Waals surface area (Å²) in [7, 11) is 0. The van der Waals surface area contributed by atoms with Crippen LogP contribution in [0.4, 0.5) is 0 Å². The van der Waals surface area contributed by atoms with E-state index in [1.165, 1.54) is 5.56 Å². The van der Waals surface area contributed by atoms with Gasteiger partial charge in [0, 0.05) is 22.8 Å². The van der Waals surface area contributed by atoms with E-state index in [4.69, 9.17) is 33.3 Å². The Labute approximate surface area is 205 Å². The Morgan fingerprint density at radius 3 is 2.61 bits per heavy atom. The van der Waals surface area contributed by atoms with Gasteiger partial charge in [-0.2, -0.15) is 4.98 Å². The van der Waals surface area contributed by atoms with Gasteiger partial charge in [0.2, 0.25) is 5.82 Å². The van der Waals surface area contributed by atoms with E-state index in [1.807, 2.05) is 24.3 Å². The maximum absolute atomic E-state index is 6.17. The van der Waals surface area contributed by atoms with Crippen LogP contribution in [-0.2, 0) is 6.42 Å². The Morgan fingerprint density at radius 1 is 1.18 bits per heavy atom. The van der Waals surface area contributed by atoms with E-state index in [9.17, 15) is 0 Å². The van der Waals surface area contributed by atoms with E-state index in [-0.39, 0.29) is 6.04 Å². The van der Waals surface area contributed by atoms with Crippen molar-refractivity contribution in [3.8, 4) is 11.4 Å². The van der Waals surface area contributed by atoms with Gasteiger partial charge in [-0.1, -0.05) is 73.9 Å². The molecule has 1 aliphatic heterocycles. The molecular weight excluding hydrogens is 452 g/mol. The third kappa shape index (κ3) is 5.12. The Hall–Kier alpha value is -2.70. The number of aryl methyl sites for hydroxylation is 1. The van der Waals surface area contributed by atoms with E-state index in [2.05, 4.69) is 67.3 Å². The number of benzene rings is 2. The zero-order chi connectivity index (χ0) is 23.5. The third-order valence-corrected chi connectivity index (χ3v) is 6.56. The molecule has 7 heteroatoms. The molecule has 0 aliphatic carbocycles. The zero-order valence-electron chi connectivity index (χ0n) is 19.4. The van der Waals surface area contributed by atoms with Crippen molar-refractivity contribution in [2.45, 2.75) is 46.6 Å². The first-order valence-corrected chi connectivity index (χ1v) is 12.1. The molecule has 0 amide bonds. The molecule has 1 N–H and O–H groups in total. The molecule has 0 radical (unpaired) electrons. The topological polar surface area (TPSA) is 54.2 Å². The smallest absolute Gasteiger partial charge is 0.258 e. The number of nitrogens with one attached hydrogen (secondary N) is 1. The molecule has 1 aromatic heterocycles. The summed E-state index contributed by atoms with van der Waals surface area (Å²) in [6.07, 6.45) is 2.02. The second-order valence-corrected chi connectivity index (χ2v) is 9.57. The lowest BCUT2D eigenvalue weighted by molar-refractivity contribution is 0.390. The van der Waals surface area contributed by atoms with Crippen LogP contribution in [0.3, 0.4) is 0 Å². The molecule has 0 fully saturated rings. The van der Waals surface area contributed by atoms with Crippen molar-refractivity contribution >= 4 is 34.5 Å². The number of hydrogen-bond acceptors (Lipinski definition) is 4. The lowest BCUT2D eigenvalue weighted by Crippen LogP contribution is -2.46. The van der Waals surface area contributed by atoms with Crippen molar-refractivity contribution in [1.29, 1.82) is 0 Å². The van der Waals surface area contributed by atoms with Crippen LogP contribution in [0.5, 0.6) is 0 Å². The van der Waals surface area contributed by atoms with Crippen LogP contribution in [0.1, 0.15) is 57.2 Å². The van der Waals surface area contributed by atoms with Gasteiger partial charge in [-0.3, -0.25) is 0 Å². The molecule has 3 aromatic rings. The lowest BCUT2D eigenvalue weighted by Gasteiger charge is -2.37. The summed E-state index contributed by atoms with van der Waals surface area (Å²) in [6, 6.07) is 15.9. The summed E-state index contributed by atoms with van der Waals surface area (Å²) in [5.41, 5.74) is 5.19. The second kappa shape index (κ2) is 10.1.